The smallest absolute Gasteiger partial charge is 0.232 e. The Hall–Kier alpha value is -0.550. The average Bonchev–Trinajstić information content (AvgIpc) is 3.04. The van der Waals surface area contributed by atoms with Crippen molar-refractivity contribution in [2.24, 2.45) is 0 Å². The highest BCUT2D eigenvalue weighted by Gasteiger charge is 2.37. The summed E-state index contributed by atoms with van der Waals surface area (Å²) in [6.07, 6.45) is 10.2. The van der Waals surface area contributed by atoms with Gasteiger partial charge in [0.05, 0.1) is 11.2 Å². The molecule has 0 aromatic carbocycles. The van der Waals surface area contributed by atoms with Crippen LogP contribution in [0.25, 0.3) is 0 Å². The molecule has 1 aliphatic heterocycles. The predicted octanol–water partition coefficient (Wildman–Crippen LogP) is 3.67. The SMILES string of the molecule is CCC1(c2nc(CSC3CCCCC3)no2)CCNCC1. The van der Waals surface area contributed by atoms with E-state index in [0.717, 1.165) is 55.1 Å². The van der Waals surface area contributed by atoms with Crippen molar-refractivity contribution < 1.29 is 4.52 Å². The molecule has 2 heterocycles. The normalized spacial score (nSPS) is 23.3. The second kappa shape index (κ2) is 7.14. The third-order valence-corrected chi connectivity index (χ3v) is 6.53. The van der Waals surface area contributed by atoms with Gasteiger partial charge in [-0.1, -0.05) is 31.3 Å². The van der Waals surface area contributed by atoms with E-state index in [4.69, 9.17) is 9.51 Å². The van der Waals surface area contributed by atoms with Gasteiger partial charge in [0.1, 0.15) is 0 Å². The van der Waals surface area contributed by atoms with Gasteiger partial charge in [0.25, 0.3) is 0 Å². The summed E-state index contributed by atoms with van der Waals surface area (Å²) in [5, 5.41) is 8.47. The van der Waals surface area contributed by atoms with Gasteiger partial charge in [-0.15, -0.1) is 0 Å². The highest BCUT2D eigenvalue weighted by atomic mass is 32.2. The molecule has 0 radical (unpaired) electrons. The zero-order chi connectivity index (χ0) is 14.5. The van der Waals surface area contributed by atoms with Gasteiger partial charge >= 0.3 is 0 Å². The summed E-state index contributed by atoms with van der Waals surface area (Å²) in [7, 11) is 0. The van der Waals surface area contributed by atoms with Crippen LogP contribution in [0.1, 0.15) is 70.0 Å². The maximum absolute atomic E-state index is 5.64. The molecule has 0 unspecified atom stereocenters. The van der Waals surface area contributed by atoms with E-state index < -0.39 is 0 Å². The molecular weight excluding hydrogens is 282 g/mol. The van der Waals surface area contributed by atoms with E-state index in [9.17, 15) is 0 Å². The summed E-state index contributed by atoms with van der Waals surface area (Å²) >= 11 is 2.02. The third-order valence-electron chi connectivity index (χ3n) is 5.16. The Labute approximate surface area is 131 Å². The van der Waals surface area contributed by atoms with Crippen LogP contribution in [-0.2, 0) is 11.2 Å². The van der Waals surface area contributed by atoms with Crippen molar-refractivity contribution in [3.8, 4) is 0 Å². The first kappa shape index (κ1) is 15.3. The third kappa shape index (κ3) is 3.62. The minimum atomic E-state index is 0.117. The van der Waals surface area contributed by atoms with Crippen LogP contribution in [0.15, 0.2) is 4.52 Å². The molecule has 1 saturated heterocycles. The molecule has 2 fully saturated rings. The van der Waals surface area contributed by atoms with Crippen LogP contribution in [0, 0.1) is 0 Å². The van der Waals surface area contributed by atoms with E-state index in [0.29, 0.717) is 0 Å². The lowest BCUT2D eigenvalue weighted by Crippen LogP contribution is -2.39. The topological polar surface area (TPSA) is 51.0 Å². The van der Waals surface area contributed by atoms with Gasteiger partial charge < -0.3 is 9.84 Å². The van der Waals surface area contributed by atoms with Crippen molar-refractivity contribution in [1.29, 1.82) is 0 Å². The molecular formula is C16H27N3OS. The molecule has 118 valence electrons. The average molecular weight is 309 g/mol. The Kier molecular flexibility index (Phi) is 5.22. The molecule has 1 N–H and O–H groups in total. The maximum Gasteiger partial charge on any atom is 0.232 e. The molecule has 1 aromatic heterocycles. The van der Waals surface area contributed by atoms with E-state index in [1.165, 1.54) is 32.1 Å². The number of nitrogens with zero attached hydrogens (tertiary/aromatic N) is 2. The van der Waals surface area contributed by atoms with Crippen LogP contribution < -0.4 is 5.32 Å². The Morgan fingerprint density at radius 2 is 2.00 bits per heavy atom. The van der Waals surface area contributed by atoms with Crippen LogP contribution >= 0.6 is 11.8 Å². The summed E-state index contributed by atoms with van der Waals surface area (Å²) in [5.74, 6) is 2.68. The van der Waals surface area contributed by atoms with Gasteiger partial charge in [-0.25, -0.2) is 0 Å². The summed E-state index contributed by atoms with van der Waals surface area (Å²) in [6.45, 7) is 4.36. The standard InChI is InChI=1S/C16H27N3OS/c1-2-16(8-10-17-11-9-16)15-18-14(19-20-15)12-21-13-6-4-3-5-7-13/h13,17H,2-12H2,1H3. The number of hydrogen-bond acceptors (Lipinski definition) is 5. The van der Waals surface area contributed by atoms with Crippen LogP contribution in [-0.4, -0.2) is 28.5 Å². The monoisotopic (exact) mass is 309 g/mol. The van der Waals surface area contributed by atoms with Gasteiger partial charge in [0, 0.05) is 5.25 Å². The number of thioether (sulfide) groups is 1. The Balaban J connectivity index is 1.59. The first-order chi connectivity index (χ1) is 10.3. The van der Waals surface area contributed by atoms with Gasteiger partial charge in [0.15, 0.2) is 5.82 Å². The summed E-state index contributed by atoms with van der Waals surface area (Å²) in [5.41, 5.74) is 0.117. The van der Waals surface area contributed by atoms with Crippen molar-refractivity contribution >= 4 is 11.8 Å². The van der Waals surface area contributed by atoms with Crippen molar-refractivity contribution in [3.63, 3.8) is 0 Å². The van der Waals surface area contributed by atoms with E-state index in [2.05, 4.69) is 17.4 Å². The number of rotatable bonds is 5. The number of aromatic nitrogens is 2. The molecule has 1 aliphatic carbocycles. The summed E-state index contributed by atoms with van der Waals surface area (Å²) in [6, 6.07) is 0. The van der Waals surface area contributed by atoms with Gasteiger partial charge in [-0.2, -0.15) is 16.7 Å². The highest BCUT2D eigenvalue weighted by molar-refractivity contribution is 7.99. The van der Waals surface area contributed by atoms with Crippen molar-refractivity contribution in [2.45, 2.75) is 74.7 Å². The van der Waals surface area contributed by atoms with Crippen LogP contribution in [0.4, 0.5) is 0 Å². The first-order valence-electron chi connectivity index (χ1n) is 8.48. The molecule has 3 rings (SSSR count). The fraction of sp³-hybridized carbons (Fsp3) is 0.875. The lowest BCUT2D eigenvalue weighted by molar-refractivity contribution is 0.216. The zero-order valence-electron chi connectivity index (χ0n) is 13.1. The van der Waals surface area contributed by atoms with Crippen LogP contribution in [0.5, 0.6) is 0 Å². The van der Waals surface area contributed by atoms with Crippen molar-refractivity contribution in [3.05, 3.63) is 11.7 Å². The Morgan fingerprint density at radius 1 is 1.24 bits per heavy atom. The molecule has 4 nitrogen and oxygen atoms in total. The van der Waals surface area contributed by atoms with Gasteiger partial charge in [-0.3, -0.25) is 0 Å². The number of nitrogens with one attached hydrogen (secondary N) is 1. The highest BCUT2D eigenvalue weighted by Crippen LogP contribution is 2.36. The van der Waals surface area contributed by atoms with E-state index in [1.807, 2.05) is 11.8 Å². The van der Waals surface area contributed by atoms with Crippen molar-refractivity contribution in [2.75, 3.05) is 13.1 Å². The molecule has 2 aliphatic rings. The molecule has 0 bridgehead atoms. The summed E-state index contributed by atoms with van der Waals surface area (Å²) < 4.78 is 5.64. The molecule has 0 spiro atoms. The second-order valence-electron chi connectivity index (χ2n) is 6.47. The van der Waals surface area contributed by atoms with Gasteiger partial charge in [0.2, 0.25) is 5.89 Å². The summed E-state index contributed by atoms with van der Waals surface area (Å²) in [4.78, 5) is 4.73. The minimum Gasteiger partial charge on any atom is -0.339 e. The molecule has 21 heavy (non-hydrogen) atoms. The number of hydrogen-bond donors (Lipinski definition) is 1. The van der Waals surface area contributed by atoms with E-state index in [1.54, 1.807) is 0 Å². The van der Waals surface area contributed by atoms with Crippen molar-refractivity contribution in [1.82, 2.24) is 15.5 Å². The fourth-order valence-electron chi connectivity index (χ4n) is 3.58. The molecule has 1 saturated carbocycles. The zero-order valence-corrected chi connectivity index (χ0v) is 13.9. The Bertz CT molecular complexity index is 436. The molecule has 1 aromatic rings. The second-order valence-corrected chi connectivity index (χ2v) is 7.76. The van der Waals surface area contributed by atoms with Crippen LogP contribution in [0.2, 0.25) is 0 Å². The number of piperidine rings is 1. The van der Waals surface area contributed by atoms with E-state index in [-0.39, 0.29) is 5.41 Å². The predicted molar refractivity (Wildman–Crippen MR) is 86.5 cm³/mol. The molecule has 0 amide bonds. The largest absolute Gasteiger partial charge is 0.339 e. The lowest BCUT2D eigenvalue weighted by atomic mass is 9.76. The molecule has 0 atom stereocenters. The first-order valence-corrected chi connectivity index (χ1v) is 9.53. The molecule has 5 heteroatoms. The van der Waals surface area contributed by atoms with Crippen LogP contribution in [0.3, 0.4) is 0 Å². The quantitative estimate of drug-likeness (QED) is 0.899. The Morgan fingerprint density at radius 3 is 2.71 bits per heavy atom. The maximum atomic E-state index is 5.64. The van der Waals surface area contributed by atoms with E-state index >= 15 is 0 Å². The minimum absolute atomic E-state index is 0.117. The fourth-order valence-corrected chi connectivity index (χ4v) is 4.74. The lowest BCUT2D eigenvalue weighted by Gasteiger charge is -2.33. The van der Waals surface area contributed by atoms with Gasteiger partial charge in [-0.05, 0) is 45.2 Å².